The third-order valence-corrected chi connectivity index (χ3v) is 4.17. The third kappa shape index (κ3) is 5.49. The lowest BCUT2D eigenvalue weighted by Crippen LogP contribution is -2.39. The summed E-state index contributed by atoms with van der Waals surface area (Å²) in [6, 6.07) is 2.34. The van der Waals surface area contributed by atoms with E-state index in [1.54, 1.807) is 6.26 Å². The highest BCUT2D eigenvalue weighted by molar-refractivity contribution is 7.98. The first kappa shape index (κ1) is 25.4. The first-order valence-corrected chi connectivity index (χ1v) is 9.74. The number of hydrogen-bond acceptors (Lipinski definition) is 6. The Morgan fingerprint density at radius 2 is 1.91 bits per heavy atom. The van der Waals surface area contributed by atoms with Crippen LogP contribution < -0.4 is 16.0 Å². The number of aliphatic imine (C=N–C) groups is 1. The average Bonchev–Trinajstić information content (AvgIpc) is 2.68. The first-order chi connectivity index (χ1) is 14.7. The molecule has 2 aromatic heterocycles. The summed E-state index contributed by atoms with van der Waals surface area (Å²) in [6.07, 6.45) is -7.69. The molecule has 2 rings (SSSR count). The number of pyridine rings is 1. The molecule has 0 bridgehead atoms. The van der Waals surface area contributed by atoms with Crippen molar-refractivity contribution >= 4 is 29.2 Å². The van der Waals surface area contributed by atoms with E-state index in [0.29, 0.717) is 10.6 Å². The highest BCUT2D eigenvalue weighted by Crippen LogP contribution is 2.36. The summed E-state index contributed by atoms with van der Waals surface area (Å²) in [5.74, 6) is -4.94. The van der Waals surface area contributed by atoms with Gasteiger partial charge in [-0.2, -0.15) is 35.1 Å². The van der Waals surface area contributed by atoms with E-state index in [9.17, 15) is 39.9 Å². The largest absolute Gasteiger partial charge is 0.483 e. The fraction of sp³-hybridized carbons (Fsp3) is 0.353. The van der Waals surface area contributed by atoms with Crippen molar-refractivity contribution in [2.75, 3.05) is 18.7 Å². The standard InChI is InChI=1S/C17H14F8N4O2S/c1-32-8-31-10-2-3-29-11(4-10)28-13(16(20,21)22)12(14(29)30)9(5-26)6-27-7-15(18,19)17(23,24)25/h2-6H,7-8,26H2,1H3. The molecule has 0 saturated heterocycles. The number of alkyl halides is 8. The molecule has 2 N–H and O–H groups in total. The number of thioether (sulfide) groups is 1. The zero-order valence-electron chi connectivity index (χ0n) is 16.0. The second kappa shape index (κ2) is 9.34. The van der Waals surface area contributed by atoms with Gasteiger partial charge in [0, 0.05) is 30.3 Å². The monoisotopic (exact) mass is 490 g/mol. The maximum atomic E-state index is 13.6. The number of ether oxygens (including phenoxy) is 1. The minimum Gasteiger partial charge on any atom is -0.483 e. The Kier molecular flexibility index (Phi) is 7.42. The summed E-state index contributed by atoms with van der Waals surface area (Å²) >= 11 is 1.28. The van der Waals surface area contributed by atoms with Crippen LogP contribution in [-0.2, 0) is 6.18 Å². The van der Waals surface area contributed by atoms with Crippen molar-refractivity contribution in [1.82, 2.24) is 9.38 Å². The second-order valence-corrected chi connectivity index (χ2v) is 6.89. The number of fused-ring (bicyclic) bond motifs is 1. The van der Waals surface area contributed by atoms with Crippen molar-refractivity contribution in [3.8, 4) is 5.75 Å². The quantitative estimate of drug-likeness (QED) is 0.361. The third-order valence-electron chi connectivity index (χ3n) is 3.82. The molecule has 0 atom stereocenters. The average molecular weight is 490 g/mol. The minimum atomic E-state index is -5.92. The van der Waals surface area contributed by atoms with Crippen LogP contribution in [0, 0.1) is 0 Å². The van der Waals surface area contributed by atoms with Crippen molar-refractivity contribution in [2.24, 2.45) is 10.7 Å². The topological polar surface area (TPSA) is 82.0 Å². The Hall–Kier alpha value is -2.84. The molecule has 0 unspecified atom stereocenters. The van der Waals surface area contributed by atoms with Crippen molar-refractivity contribution in [1.29, 1.82) is 0 Å². The number of nitrogens with zero attached hydrogens (tertiary/aromatic N) is 3. The van der Waals surface area contributed by atoms with Gasteiger partial charge in [0.05, 0.1) is 5.56 Å². The maximum Gasteiger partial charge on any atom is 0.455 e. The van der Waals surface area contributed by atoms with Gasteiger partial charge in [0.2, 0.25) is 0 Å². The lowest BCUT2D eigenvalue weighted by molar-refractivity contribution is -0.276. The highest BCUT2D eigenvalue weighted by Gasteiger charge is 2.57. The Labute approximate surface area is 178 Å². The van der Waals surface area contributed by atoms with Crippen LogP contribution in [0.15, 0.2) is 34.3 Å². The molecular weight excluding hydrogens is 476 g/mol. The Balaban J connectivity index is 2.61. The number of nitrogens with two attached hydrogens (primary N) is 1. The number of hydrogen-bond donors (Lipinski definition) is 1. The molecule has 15 heteroatoms. The van der Waals surface area contributed by atoms with Gasteiger partial charge in [-0.05, 0) is 12.3 Å². The van der Waals surface area contributed by atoms with E-state index in [2.05, 4.69) is 9.98 Å². The van der Waals surface area contributed by atoms with E-state index >= 15 is 0 Å². The van der Waals surface area contributed by atoms with E-state index in [1.165, 1.54) is 17.8 Å². The second-order valence-electron chi connectivity index (χ2n) is 6.07. The molecule has 32 heavy (non-hydrogen) atoms. The number of rotatable bonds is 7. The zero-order chi connectivity index (χ0) is 24.3. The van der Waals surface area contributed by atoms with Crippen LogP contribution in [0.5, 0.6) is 5.75 Å². The van der Waals surface area contributed by atoms with Gasteiger partial charge >= 0.3 is 18.3 Å². The van der Waals surface area contributed by atoms with Crippen LogP contribution in [0.3, 0.4) is 0 Å². The smallest absolute Gasteiger partial charge is 0.455 e. The van der Waals surface area contributed by atoms with E-state index in [1.807, 2.05) is 0 Å². The van der Waals surface area contributed by atoms with Gasteiger partial charge in [0.25, 0.3) is 5.56 Å². The van der Waals surface area contributed by atoms with Crippen molar-refractivity contribution < 1.29 is 39.9 Å². The molecule has 6 nitrogen and oxygen atoms in total. The Morgan fingerprint density at radius 3 is 2.44 bits per heavy atom. The molecule has 0 fully saturated rings. The SMILES string of the molecule is CSCOc1ccn2c(=O)c(C(C=NCC(F)(F)C(F)(F)F)=CN)c(C(F)(F)F)nc2c1. The van der Waals surface area contributed by atoms with Gasteiger partial charge in [-0.3, -0.25) is 14.2 Å². The molecule has 2 aromatic rings. The molecule has 0 aliphatic rings. The Morgan fingerprint density at radius 1 is 1.25 bits per heavy atom. The molecular formula is C17H14F8N4O2S. The van der Waals surface area contributed by atoms with Gasteiger partial charge in [-0.15, -0.1) is 11.8 Å². The van der Waals surface area contributed by atoms with Crippen LogP contribution in [0.1, 0.15) is 11.3 Å². The summed E-state index contributed by atoms with van der Waals surface area (Å²) in [7, 11) is 0. The zero-order valence-corrected chi connectivity index (χ0v) is 16.8. The van der Waals surface area contributed by atoms with Crippen molar-refractivity contribution in [3.05, 3.63) is 46.1 Å². The van der Waals surface area contributed by atoms with Gasteiger partial charge in [-0.25, -0.2) is 4.98 Å². The summed E-state index contributed by atoms with van der Waals surface area (Å²) in [6.45, 7) is -2.12. The Bertz CT molecular complexity index is 1090. The molecule has 0 aromatic carbocycles. The van der Waals surface area contributed by atoms with Crippen LogP contribution in [0.4, 0.5) is 35.1 Å². The number of allylic oxidation sites excluding steroid dienone is 1. The normalized spacial score (nSPS) is 13.8. The van der Waals surface area contributed by atoms with Gasteiger partial charge in [-0.1, -0.05) is 0 Å². The van der Waals surface area contributed by atoms with E-state index in [-0.39, 0.29) is 17.9 Å². The van der Waals surface area contributed by atoms with E-state index < -0.39 is 52.9 Å². The molecule has 0 saturated carbocycles. The van der Waals surface area contributed by atoms with Gasteiger partial charge in [0.15, 0.2) is 5.69 Å². The molecule has 0 aliphatic heterocycles. The van der Waals surface area contributed by atoms with E-state index in [4.69, 9.17) is 10.5 Å². The molecule has 176 valence electrons. The molecule has 0 aliphatic carbocycles. The number of halogens is 8. The lowest BCUT2D eigenvalue weighted by atomic mass is 10.1. The van der Waals surface area contributed by atoms with Crippen molar-refractivity contribution in [3.63, 3.8) is 0 Å². The summed E-state index contributed by atoms with van der Waals surface area (Å²) in [5.41, 5.74) is -0.270. The van der Waals surface area contributed by atoms with Crippen LogP contribution in [0.25, 0.3) is 11.2 Å². The van der Waals surface area contributed by atoms with E-state index in [0.717, 1.165) is 12.3 Å². The lowest BCUT2D eigenvalue weighted by Gasteiger charge is -2.17. The highest BCUT2D eigenvalue weighted by atomic mass is 32.2. The molecule has 0 amide bonds. The summed E-state index contributed by atoms with van der Waals surface area (Å²) in [5, 5.41) is 0. The summed E-state index contributed by atoms with van der Waals surface area (Å²) < 4.78 is 110. The fourth-order valence-electron chi connectivity index (χ4n) is 2.34. The summed E-state index contributed by atoms with van der Waals surface area (Å²) in [4.78, 5) is 19.0. The molecule has 0 spiro atoms. The van der Waals surface area contributed by atoms with Crippen LogP contribution in [0.2, 0.25) is 0 Å². The molecule has 0 radical (unpaired) electrons. The predicted molar refractivity (Wildman–Crippen MR) is 102 cm³/mol. The van der Waals surface area contributed by atoms with Gasteiger partial charge in [0.1, 0.15) is 23.9 Å². The minimum absolute atomic E-state index is 0.123. The fourth-order valence-corrected chi connectivity index (χ4v) is 2.59. The predicted octanol–water partition coefficient (Wildman–Crippen LogP) is 3.98. The maximum absolute atomic E-state index is 13.6. The van der Waals surface area contributed by atoms with Crippen molar-refractivity contribution in [2.45, 2.75) is 18.3 Å². The first-order valence-electron chi connectivity index (χ1n) is 8.35. The van der Waals surface area contributed by atoms with Crippen LogP contribution in [-0.4, -0.2) is 46.4 Å². The number of aromatic nitrogens is 2. The van der Waals surface area contributed by atoms with Gasteiger partial charge < -0.3 is 10.5 Å². The van der Waals surface area contributed by atoms with Crippen LogP contribution >= 0.6 is 11.8 Å². The molecule has 2 heterocycles.